The molecule has 0 aliphatic heterocycles. The van der Waals surface area contributed by atoms with Gasteiger partial charge in [-0.25, -0.2) is 31.3 Å². The number of aromatic amines is 1. The lowest BCUT2D eigenvalue weighted by Gasteiger charge is -2.11. The van der Waals surface area contributed by atoms with Crippen LogP contribution in [-0.4, -0.2) is 23.9 Å². The van der Waals surface area contributed by atoms with Gasteiger partial charge in [0.25, 0.3) is 21.5 Å². The normalized spacial score (nSPS) is 11.5. The number of carbonyl (C=O) groups excluding carboxylic acids is 1. The molecule has 0 bridgehead atoms. The molecule has 204 valence electrons. The van der Waals surface area contributed by atoms with E-state index in [1.165, 1.54) is 48.5 Å². The fourth-order valence-electron chi connectivity index (χ4n) is 3.97. The van der Waals surface area contributed by atoms with Crippen molar-refractivity contribution in [2.75, 3.05) is 5.32 Å². The van der Waals surface area contributed by atoms with Gasteiger partial charge in [-0.05, 0) is 67.6 Å². The van der Waals surface area contributed by atoms with E-state index in [1.54, 1.807) is 19.1 Å². The first-order valence-electron chi connectivity index (χ1n) is 11.7. The van der Waals surface area contributed by atoms with Gasteiger partial charge < -0.3 is 10.3 Å². The third-order valence-electron chi connectivity index (χ3n) is 5.99. The minimum absolute atomic E-state index is 0.00481. The highest BCUT2D eigenvalue weighted by molar-refractivity contribution is 7.92. The number of thiophene rings is 1. The van der Waals surface area contributed by atoms with E-state index in [0.29, 0.717) is 5.69 Å². The van der Waals surface area contributed by atoms with Crippen molar-refractivity contribution in [3.63, 3.8) is 0 Å². The molecule has 0 saturated heterocycles. The summed E-state index contributed by atoms with van der Waals surface area (Å²) in [5.41, 5.74) is -0.223. The Bertz CT molecular complexity index is 2000. The van der Waals surface area contributed by atoms with Crippen molar-refractivity contribution < 1.29 is 22.0 Å². The summed E-state index contributed by atoms with van der Waals surface area (Å²) in [5.74, 6) is -2.25. The number of aromatic nitrogens is 2. The molecule has 0 aliphatic rings. The Morgan fingerprint density at radius 2 is 1.73 bits per heavy atom. The Morgan fingerprint density at radius 1 is 0.975 bits per heavy atom. The lowest BCUT2D eigenvalue weighted by Crippen LogP contribution is -2.33. The average Bonchev–Trinajstić information content (AvgIpc) is 3.35. The monoisotopic (exact) mass is 582 g/mol. The summed E-state index contributed by atoms with van der Waals surface area (Å²) in [7, 11) is -4.04. The zero-order valence-corrected chi connectivity index (χ0v) is 22.3. The van der Waals surface area contributed by atoms with Gasteiger partial charge in [-0.3, -0.25) is 9.59 Å². The lowest BCUT2D eigenvalue weighted by atomic mass is 10.1. The summed E-state index contributed by atoms with van der Waals surface area (Å²) in [4.78, 5) is 41.9. The van der Waals surface area contributed by atoms with Gasteiger partial charge in [-0.15, -0.1) is 11.3 Å². The van der Waals surface area contributed by atoms with E-state index in [9.17, 15) is 31.6 Å². The van der Waals surface area contributed by atoms with Gasteiger partial charge in [0, 0.05) is 34.3 Å². The van der Waals surface area contributed by atoms with Crippen LogP contribution in [-0.2, 0) is 16.6 Å². The lowest BCUT2D eigenvalue weighted by molar-refractivity contribution is 0.0981. The van der Waals surface area contributed by atoms with Gasteiger partial charge in [0.2, 0.25) is 0 Å². The van der Waals surface area contributed by atoms with Gasteiger partial charge in [0.1, 0.15) is 15.8 Å². The summed E-state index contributed by atoms with van der Waals surface area (Å²) in [6, 6.07) is 16.2. The van der Waals surface area contributed by atoms with Crippen molar-refractivity contribution in [2.24, 2.45) is 0 Å². The van der Waals surface area contributed by atoms with Crippen LogP contribution < -0.4 is 21.3 Å². The van der Waals surface area contributed by atoms with Crippen LogP contribution in [0.1, 0.15) is 20.8 Å². The van der Waals surface area contributed by atoms with Gasteiger partial charge in [0.15, 0.2) is 0 Å². The van der Waals surface area contributed by atoms with Crippen LogP contribution >= 0.6 is 11.3 Å². The second-order valence-corrected chi connectivity index (χ2v) is 12.0. The summed E-state index contributed by atoms with van der Waals surface area (Å²) in [6.07, 6.45) is 0. The standard InChI is InChI=1S/C27H20F2N4O5S2/c1-15-2-11-24(39-15)40(37,38)32-25(34)16-4-8-20(9-5-16)33-26(35)21-10-7-19(13-23(21)31-27(33)36)30-14-17-3-6-18(28)12-22(17)29/h2-13,30H,14H2,1H3,(H,31,36)(H,32,34). The SMILES string of the molecule is Cc1ccc(S(=O)(=O)NC(=O)c2ccc(-n3c(=O)[nH]c4cc(NCc5ccc(F)cc5F)ccc4c3=O)cc2)s1. The summed E-state index contributed by atoms with van der Waals surface area (Å²) in [5, 5.41) is 3.16. The minimum Gasteiger partial charge on any atom is -0.381 e. The highest BCUT2D eigenvalue weighted by Crippen LogP contribution is 2.21. The van der Waals surface area contributed by atoms with E-state index in [1.807, 2.05) is 4.72 Å². The number of aryl methyl sites for hydroxylation is 1. The van der Waals surface area contributed by atoms with E-state index in [2.05, 4.69) is 10.3 Å². The minimum atomic E-state index is -4.04. The van der Waals surface area contributed by atoms with Crippen LogP contribution in [0.2, 0.25) is 0 Å². The van der Waals surface area contributed by atoms with Crippen LogP contribution in [0.4, 0.5) is 14.5 Å². The molecule has 2 heterocycles. The molecule has 5 rings (SSSR count). The highest BCUT2D eigenvalue weighted by Gasteiger charge is 2.20. The van der Waals surface area contributed by atoms with Gasteiger partial charge in [-0.1, -0.05) is 6.07 Å². The third-order valence-corrected chi connectivity index (χ3v) is 8.81. The van der Waals surface area contributed by atoms with E-state index in [4.69, 9.17) is 0 Å². The van der Waals surface area contributed by atoms with Crippen LogP contribution in [0.5, 0.6) is 0 Å². The molecule has 3 aromatic carbocycles. The zero-order chi connectivity index (χ0) is 28.6. The second-order valence-electron chi connectivity index (χ2n) is 8.77. The summed E-state index contributed by atoms with van der Waals surface area (Å²) < 4.78 is 54.8. The fourth-order valence-corrected chi connectivity index (χ4v) is 6.23. The number of nitrogens with zero attached hydrogens (tertiary/aromatic N) is 1. The predicted octanol–water partition coefficient (Wildman–Crippen LogP) is 4.06. The molecular weight excluding hydrogens is 562 g/mol. The van der Waals surface area contributed by atoms with Crippen molar-refractivity contribution in [3.8, 4) is 5.69 Å². The molecule has 0 atom stereocenters. The molecule has 0 fully saturated rings. The average molecular weight is 583 g/mol. The molecule has 2 aromatic heterocycles. The molecule has 0 radical (unpaired) electrons. The topological polar surface area (TPSA) is 130 Å². The maximum Gasteiger partial charge on any atom is 0.333 e. The number of carbonyl (C=O) groups is 1. The molecule has 40 heavy (non-hydrogen) atoms. The van der Waals surface area contributed by atoms with Crippen molar-refractivity contribution in [2.45, 2.75) is 17.7 Å². The predicted molar refractivity (Wildman–Crippen MR) is 148 cm³/mol. The Kier molecular flexibility index (Phi) is 7.08. The molecule has 3 N–H and O–H groups in total. The first kappa shape index (κ1) is 27.0. The third kappa shape index (κ3) is 5.42. The second kappa shape index (κ2) is 10.5. The number of amides is 1. The molecule has 0 spiro atoms. The number of anilines is 1. The van der Waals surface area contributed by atoms with Crippen molar-refractivity contribution in [3.05, 3.63) is 121 Å². The number of H-pyrrole nitrogens is 1. The number of halogens is 2. The Labute approximate surface area is 229 Å². The Morgan fingerprint density at radius 3 is 2.40 bits per heavy atom. The molecule has 1 amide bonds. The molecule has 0 saturated carbocycles. The number of nitrogens with one attached hydrogen (secondary N) is 3. The summed E-state index contributed by atoms with van der Waals surface area (Å²) >= 11 is 1.03. The van der Waals surface area contributed by atoms with Gasteiger partial charge in [0.05, 0.1) is 16.6 Å². The molecule has 5 aromatic rings. The van der Waals surface area contributed by atoms with Crippen molar-refractivity contribution in [1.29, 1.82) is 0 Å². The van der Waals surface area contributed by atoms with Crippen molar-refractivity contribution in [1.82, 2.24) is 14.3 Å². The number of sulfonamides is 1. The molecule has 13 heteroatoms. The summed E-state index contributed by atoms with van der Waals surface area (Å²) in [6.45, 7) is 1.79. The maximum atomic E-state index is 13.9. The number of benzene rings is 3. The molecule has 0 unspecified atom stereocenters. The number of hydrogen-bond acceptors (Lipinski definition) is 7. The first-order chi connectivity index (χ1) is 19.0. The van der Waals surface area contributed by atoms with Gasteiger partial charge in [-0.2, -0.15) is 0 Å². The maximum absolute atomic E-state index is 13.9. The smallest absolute Gasteiger partial charge is 0.333 e. The van der Waals surface area contributed by atoms with E-state index < -0.39 is 38.8 Å². The number of hydrogen-bond donors (Lipinski definition) is 3. The number of rotatable bonds is 7. The zero-order valence-electron chi connectivity index (χ0n) is 20.7. The molecule has 0 aliphatic carbocycles. The van der Waals surface area contributed by atoms with Gasteiger partial charge >= 0.3 is 5.69 Å². The fraction of sp³-hybridized carbons (Fsp3) is 0.0741. The number of fused-ring (bicyclic) bond motifs is 1. The Hall–Kier alpha value is -4.62. The largest absolute Gasteiger partial charge is 0.381 e. The van der Waals surface area contributed by atoms with E-state index in [0.717, 1.165) is 32.9 Å². The van der Waals surface area contributed by atoms with Crippen molar-refractivity contribution >= 4 is 43.9 Å². The van der Waals surface area contributed by atoms with Crippen LogP contribution in [0.3, 0.4) is 0 Å². The Balaban J connectivity index is 1.37. The molecule has 9 nitrogen and oxygen atoms in total. The van der Waals surface area contributed by atoms with Crippen LogP contribution in [0.15, 0.2) is 86.6 Å². The quantitative estimate of drug-likeness (QED) is 0.265. The van der Waals surface area contributed by atoms with Crippen LogP contribution in [0, 0.1) is 18.6 Å². The van der Waals surface area contributed by atoms with E-state index >= 15 is 0 Å². The molecular formula is C27H20F2N4O5S2. The highest BCUT2D eigenvalue weighted by atomic mass is 32.2. The van der Waals surface area contributed by atoms with Crippen LogP contribution in [0.25, 0.3) is 16.6 Å². The van der Waals surface area contributed by atoms with E-state index in [-0.39, 0.29) is 38.5 Å². The first-order valence-corrected chi connectivity index (χ1v) is 14.0.